The maximum absolute atomic E-state index is 4.90. The van der Waals surface area contributed by atoms with Crippen LogP contribution in [0, 0.1) is 6.92 Å². The second kappa shape index (κ2) is 10.6. The Morgan fingerprint density at radius 2 is 0.951 bits per heavy atom. The molecule has 0 N–H and O–H groups in total. The Morgan fingerprint density at radius 3 is 1.61 bits per heavy atom. The summed E-state index contributed by atoms with van der Waals surface area (Å²) in [6, 6.07) is 45.8. The number of nitrogens with zero attached hydrogens (tertiary/aromatic N) is 4. The van der Waals surface area contributed by atoms with Gasteiger partial charge in [-0.1, -0.05) is 121 Å². The monoisotopic (exact) mass is 526 g/mol. The molecule has 0 aliphatic rings. The Hall–Kier alpha value is -5.48. The number of aryl methyl sites for hydroxylation is 1. The summed E-state index contributed by atoms with van der Waals surface area (Å²) < 4.78 is 0. The molecule has 4 nitrogen and oxygen atoms in total. The van der Waals surface area contributed by atoms with Crippen LogP contribution in [0.5, 0.6) is 0 Å². The summed E-state index contributed by atoms with van der Waals surface area (Å²) in [4.78, 5) is 19.1. The molecule has 5 aromatic carbocycles. The van der Waals surface area contributed by atoms with E-state index in [-0.39, 0.29) is 0 Å². The van der Waals surface area contributed by atoms with Gasteiger partial charge in [0, 0.05) is 34.0 Å². The minimum atomic E-state index is 0.649. The summed E-state index contributed by atoms with van der Waals surface area (Å²) in [5.74, 6) is 1.96. The van der Waals surface area contributed by atoms with E-state index in [9.17, 15) is 0 Å². The molecule has 0 spiro atoms. The Labute approximate surface area is 239 Å². The smallest absolute Gasteiger partial charge is 0.164 e. The Morgan fingerprint density at radius 1 is 0.415 bits per heavy atom. The molecule has 0 aliphatic heterocycles. The highest BCUT2D eigenvalue weighted by molar-refractivity contribution is 5.96. The zero-order valence-corrected chi connectivity index (χ0v) is 22.6. The molecule has 41 heavy (non-hydrogen) atoms. The molecule has 0 aliphatic carbocycles. The third-order valence-electron chi connectivity index (χ3n) is 7.25. The predicted octanol–water partition coefficient (Wildman–Crippen LogP) is 9.06. The standard InChI is InChI=1S/C37H26N4/c1-25-22-34-32(24-38-25)16-9-17-33(34)27-20-18-26(19-21-27)30-14-8-15-31(23-30)37-40-35(28-10-4-2-5-11-28)39-36(41-37)29-12-6-3-7-13-29/h2-24H,1H3. The second-order valence-electron chi connectivity index (χ2n) is 10.0. The zero-order valence-electron chi connectivity index (χ0n) is 22.6. The van der Waals surface area contributed by atoms with Crippen molar-refractivity contribution in [3.63, 3.8) is 0 Å². The van der Waals surface area contributed by atoms with Gasteiger partial charge < -0.3 is 0 Å². The Kier molecular flexibility index (Phi) is 6.34. The Balaban J connectivity index is 1.27. The molecule has 0 atom stereocenters. The molecule has 2 aromatic heterocycles. The van der Waals surface area contributed by atoms with Gasteiger partial charge in [-0.25, -0.2) is 15.0 Å². The van der Waals surface area contributed by atoms with Crippen molar-refractivity contribution in [1.82, 2.24) is 19.9 Å². The van der Waals surface area contributed by atoms with Crippen molar-refractivity contribution in [2.24, 2.45) is 0 Å². The summed E-state index contributed by atoms with van der Waals surface area (Å²) in [5, 5.41) is 2.36. The normalized spacial score (nSPS) is 11.0. The van der Waals surface area contributed by atoms with Crippen LogP contribution in [-0.2, 0) is 0 Å². The molecule has 0 bridgehead atoms. The summed E-state index contributed by atoms with van der Waals surface area (Å²) in [7, 11) is 0. The van der Waals surface area contributed by atoms with Gasteiger partial charge >= 0.3 is 0 Å². The summed E-state index contributed by atoms with van der Waals surface area (Å²) in [5.41, 5.74) is 8.50. The maximum atomic E-state index is 4.90. The van der Waals surface area contributed by atoms with E-state index in [2.05, 4.69) is 77.8 Å². The van der Waals surface area contributed by atoms with Gasteiger partial charge in [-0.15, -0.1) is 0 Å². The quantitative estimate of drug-likeness (QED) is 0.224. The van der Waals surface area contributed by atoms with Crippen molar-refractivity contribution in [2.75, 3.05) is 0 Å². The number of benzene rings is 5. The fraction of sp³-hybridized carbons (Fsp3) is 0.0270. The zero-order chi connectivity index (χ0) is 27.6. The number of fused-ring (bicyclic) bond motifs is 1. The van der Waals surface area contributed by atoms with Crippen LogP contribution in [0.15, 0.2) is 140 Å². The lowest BCUT2D eigenvalue weighted by Crippen LogP contribution is -2.00. The van der Waals surface area contributed by atoms with Gasteiger partial charge in [0.1, 0.15) is 0 Å². The number of rotatable bonds is 5. The molecule has 194 valence electrons. The summed E-state index contributed by atoms with van der Waals surface area (Å²) in [6.45, 7) is 2.03. The van der Waals surface area contributed by atoms with Crippen LogP contribution in [0.25, 0.3) is 67.2 Å². The van der Waals surface area contributed by atoms with Crippen molar-refractivity contribution in [2.45, 2.75) is 6.92 Å². The van der Waals surface area contributed by atoms with E-state index in [1.54, 1.807) is 0 Å². The van der Waals surface area contributed by atoms with Gasteiger partial charge in [-0.2, -0.15) is 0 Å². The van der Waals surface area contributed by atoms with Gasteiger partial charge in [-0.3, -0.25) is 4.98 Å². The van der Waals surface area contributed by atoms with Crippen molar-refractivity contribution < 1.29 is 0 Å². The minimum absolute atomic E-state index is 0.649. The highest BCUT2D eigenvalue weighted by Crippen LogP contribution is 2.32. The fourth-order valence-electron chi connectivity index (χ4n) is 5.14. The van der Waals surface area contributed by atoms with E-state index >= 15 is 0 Å². The van der Waals surface area contributed by atoms with E-state index in [1.165, 1.54) is 16.5 Å². The lowest BCUT2D eigenvalue weighted by molar-refractivity contribution is 1.07. The van der Waals surface area contributed by atoms with Gasteiger partial charge in [-0.05, 0) is 46.7 Å². The second-order valence-corrected chi connectivity index (χ2v) is 10.0. The van der Waals surface area contributed by atoms with Crippen molar-refractivity contribution in [3.8, 4) is 56.4 Å². The van der Waals surface area contributed by atoms with E-state index in [4.69, 9.17) is 15.0 Å². The topological polar surface area (TPSA) is 51.6 Å². The van der Waals surface area contributed by atoms with Crippen LogP contribution < -0.4 is 0 Å². The fourth-order valence-corrected chi connectivity index (χ4v) is 5.14. The Bertz CT molecular complexity index is 1930. The van der Waals surface area contributed by atoms with E-state index < -0.39 is 0 Å². The van der Waals surface area contributed by atoms with Crippen LogP contribution >= 0.6 is 0 Å². The molecule has 2 heterocycles. The molecule has 0 saturated heterocycles. The molecule has 7 aromatic rings. The average Bonchev–Trinajstić information content (AvgIpc) is 3.05. The van der Waals surface area contributed by atoms with Crippen molar-refractivity contribution in [1.29, 1.82) is 0 Å². The van der Waals surface area contributed by atoms with E-state index in [0.29, 0.717) is 17.5 Å². The number of aromatic nitrogens is 4. The van der Waals surface area contributed by atoms with E-state index in [1.807, 2.05) is 73.8 Å². The predicted molar refractivity (Wildman–Crippen MR) is 167 cm³/mol. The first-order valence-corrected chi connectivity index (χ1v) is 13.6. The lowest BCUT2D eigenvalue weighted by atomic mass is 9.96. The molecule has 4 heteroatoms. The largest absolute Gasteiger partial charge is 0.261 e. The van der Waals surface area contributed by atoms with Crippen molar-refractivity contribution in [3.05, 3.63) is 145 Å². The number of hydrogen-bond acceptors (Lipinski definition) is 4. The molecule has 0 amide bonds. The number of pyridine rings is 1. The highest BCUT2D eigenvalue weighted by atomic mass is 15.0. The molecule has 0 radical (unpaired) electrons. The molecular weight excluding hydrogens is 500 g/mol. The molecule has 7 rings (SSSR count). The van der Waals surface area contributed by atoms with Gasteiger partial charge in [0.05, 0.1) is 0 Å². The van der Waals surface area contributed by atoms with Crippen LogP contribution in [0.3, 0.4) is 0 Å². The highest BCUT2D eigenvalue weighted by Gasteiger charge is 2.13. The van der Waals surface area contributed by atoms with Crippen LogP contribution in [0.4, 0.5) is 0 Å². The van der Waals surface area contributed by atoms with Crippen molar-refractivity contribution >= 4 is 10.8 Å². The van der Waals surface area contributed by atoms with Gasteiger partial charge in [0.25, 0.3) is 0 Å². The molecular formula is C37H26N4. The third kappa shape index (κ3) is 4.99. The molecule has 0 fully saturated rings. The summed E-state index contributed by atoms with van der Waals surface area (Å²) in [6.07, 6.45) is 1.95. The van der Waals surface area contributed by atoms with Crippen LogP contribution in [-0.4, -0.2) is 19.9 Å². The molecule has 0 saturated carbocycles. The maximum Gasteiger partial charge on any atom is 0.164 e. The average molecular weight is 527 g/mol. The van der Waals surface area contributed by atoms with Gasteiger partial charge in [0.15, 0.2) is 17.5 Å². The van der Waals surface area contributed by atoms with E-state index in [0.717, 1.165) is 38.9 Å². The number of hydrogen-bond donors (Lipinski definition) is 0. The summed E-state index contributed by atoms with van der Waals surface area (Å²) >= 11 is 0. The first-order valence-electron chi connectivity index (χ1n) is 13.6. The third-order valence-corrected chi connectivity index (χ3v) is 7.25. The van der Waals surface area contributed by atoms with Gasteiger partial charge in [0.2, 0.25) is 0 Å². The van der Waals surface area contributed by atoms with Crippen LogP contribution in [0.2, 0.25) is 0 Å². The molecule has 0 unspecified atom stereocenters. The SMILES string of the molecule is Cc1cc2c(-c3ccc(-c4cccc(-c5nc(-c6ccccc6)nc(-c6ccccc6)n5)c4)cc3)cccc2cn1. The van der Waals surface area contributed by atoms with Crippen LogP contribution in [0.1, 0.15) is 5.69 Å². The lowest BCUT2D eigenvalue weighted by Gasteiger charge is -2.11. The first-order chi connectivity index (χ1) is 20.2. The minimum Gasteiger partial charge on any atom is -0.261 e. The first kappa shape index (κ1) is 24.6.